The Kier molecular flexibility index (Phi) is 2.63. The van der Waals surface area contributed by atoms with Crippen molar-refractivity contribution in [3.8, 4) is 16.9 Å². The van der Waals surface area contributed by atoms with Crippen LogP contribution in [-0.4, -0.2) is 17.7 Å². The maximum Gasteiger partial charge on any atom is 0.338 e. The Morgan fingerprint density at radius 3 is 2.89 bits per heavy atom. The number of rotatable bonds is 2. The molecule has 1 heterocycles. The van der Waals surface area contributed by atoms with E-state index in [1.54, 1.807) is 18.2 Å². The van der Waals surface area contributed by atoms with E-state index in [-0.39, 0.29) is 11.3 Å². The van der Waals surface area contributed by atoms with E-state index in [0.717, 1.165) is 23.3 Å². The van der Waals surface area contributed by atoms with Gasteiger partial charge in [0.15, 0.2) is 0 Å². The molecular weight excluding hydrogens is 242 g/mol. The fraction of sp³-hybridized carbons (Fsp3) is 0.133. The average molecular weight is 255 g/mol. The molecule has 1 aliphatic heterocycles. The second-order valence-electron chi connectivity index (χ2n) is 4.50. The average Bonchev–Trinajstić information content (AvgIpc) is 2.85. The lowest BCUT2D eigenvalue weighted by molar-refractivity contribution is 0.0699. The van der Waals surface area contributed by atoms with E-state index < -0.39 is 5.97 Å². The van der Waals surface area contributed by atoms with Gasteiger partial charge in [-0.2, -0.15) is 0 Å². The third-order valence-electron chi connectivity index (χ3n) is 3.31. The second-order valence-corrected chi connectivity index (χ2v) is 4.50. The van der Waals surface area contributed by atoms with Crippen molar-refractivity contribution in [1.82, 2.24) is 0 Å². The molecule has 0 saturated heterocycles. The summed E-state index contributed by atoms with van der Waals surface area (Å²) in [5, 5.41) is 9.30. The maximum atomic E-state index is 11.3. The molecule has 0 bridgehead atoms. The molecule has 0 aromatic heterocycles. The molecule has 1 aliphatic rings. The van der Waals surface area contributed by atoms with Crippen LogP contribution in [0.3, 0.4) is 0 Å². The van der Waals surface area contributed by atoms with Crippen LogP contribution in [0.4, 0.5) is 5.69 Å². The minimum Gasteiger partial charge on any atom is -0.493 e. The fourth-order valence-electron chi connectivity index (χ4n) is 2.40. The number of ether oxygens (including phenoxy) is 1. The monoisotopic (exact) mass is 255 g/mol. The Bertz CT molecular complexity index is 664. The lowest BCUT2D eigenvalue weighted by Gasteiger charge is -2.10. The quantitative estimate of drug-likeness (QED) is 0.809. The highest BCUT2D eigenvalue weighted by atomic mass is 16.5. The molecule has 0 spiro atoms. The van der Waals surface area contributed by atoms with Crippen LogP contribution in [0.25, 0.3) is 11.1 Å². The Labute approximate surface area is 110 Å². The van der Waals surface area contributed by atoms with E-state index in [1.165, 1.54) is 0 Å². The van der Waals surface area contributed by atoms with Crippen molar-refractivity contribution in [3.63, 3.8) is 0 Å². The summed E-state index contributed by atoms with van der Waals surface area (Å²) in [5.74, 6) is -0.130. The summed E-state index contributed by atoms with van der Waals surface area (Å²) in [6, 6.07) is 10.9. The first-order chi connectivity index (χ1) is 9.16. The largest absolute Gasteiger partial charge is 0.493 e. The van der Waals surface area contributed by atoms with Gasteiger partial charge in [-0.25, -0.2) is 4.79 Å². The lowest BCUT2D eigenvalue weighted by Crippen LogP contribution is -2.04. The molecule has 0 aliphatic carbocycles. The zero-order chi connectivity index (χ0) is 13.4. The standard InChI is InChI=1S/C15H13NO3/c16-12-3-1-2-11(14(12)15(17)18)9-4-5-13-10(8-9)6-7-19-13/h1-5,8H,6-7,16H2,(H,17,18). The highest BCUT2D eigenvalue weighted by Gasteiger charge is 2.17. The molecular formula is C15H13NO3. The van der Waals surface area contributed by atoms with Crippen molar-refractivity contribution in [3.05, 3.63) is 47.5 Å². The smallest absolute Gasteiger partial charge is 0.338 e. The molecule has 0 amide bonds. The molecule has 0 unspecified atom stereocenters. The molecule has 3 rings (SSSR count). The van der Waals surface area contributed by atoms with Crippen LogP contribution in [0.1, 0.15) is 15.9 Å². The van der Waals surface area contributed by atoms with Gasteiger partial charge in [-0.1, -0.05) is 18.2 Å². The van der Waals surface area contributed by atoms with Crippen LogP contribution in [-0.2, 0) is 6.42 Å². The lowest BCUT2D eigenvalue weighted by atomic mass is 9.96. The summed E-state index contributed by atoms with van der Waals surface area (Å²) in [5.41, 5.74) is 8.80. The van der Waals surface area contributed by atoms with E-state index in [1.807, 2.05) is 18.2 Å². The molecule has 3 N–H and O–H groups in total. The van der Waals surface area contributed by atoms with Crippen molar-refractivity contribution < 1.29 is 14.6 Å². The van der Waals surface area contributed by atoms with E-state index in [4.69, 9.17) is 10.5 Å². The highest BCUT2D eigenvalue weighted by molar-refractivity contribution is 6.01. The number of hydrogen-bond donors (Lipinski definition) is 2. The summed E-state index contributed by atoms with van der Waals surface area (Å²) in [6.07, 6.45) is 0.855. The third-order valence-corrected chi connectivity index (χ3v) is 3.31. The first-order valence-electron chi connectivity index (χ1n) is 6.04. The summed E-state index contributed by atoms with van der Waals surface area (Å²) in [7, 11) is 0. The van der Waals surface area contributed by atoms with Crippen molar-refractivity contribution in [2.24, 2.45) is 0 Å². The Morgan fingerprint density at radius 2 is 2.11 bits per heavy atom. The normalized spacial score (nSPS) is 12.8. The maximum absolute atomic E-state index is 11.3. The fourth-order valence-corrected chi connectivity index (χ4v) is 2.40. The number of carboxylic acids is 1. The molecule has 96 valence electrons. The zero-order valence-corrected chi connectivity index (χ0v) is 10.2. The van der Waals surface area contributed by atoms with Gasteiger partial charge in [-0.15, -0.1) is 0 Å². The zero-order valence-electron chi connectivity index (χ0n) is 10.2. The topological polar surface area (TPSA) is 72.5 Å². The van der Waals surface area contributed by atoms with Crippen LogP contribution in [0.2, 0.25) is 0 Å². The van der Waals surface area contributed by atoms with Crippen LogP contribution in [0, 0.1) is 0 Å². The van der Waals surface area contributed by atoms with Crippen molar-refractivity contribution in [1.29, 1.82) is 0 Å². The Balaban J connectivity index is 2.17. The first-order valence-corrected chi connectivity index (χ1v) is 6.04. The number of hydrogen-bond acceptors (Lipinski definition) is 3. The number of carbonyl (C=O) groups is 1. The van der Waals surface area contributed by atoms with Gasteiger partial charge < -0.3 is 15.6 Å². The van der Waals surface area contributed by atoms with Gasteiger partial charge in [0.25, 0.3) is 0 Å². The Hall–Kier alpha value is -2.49. The number of benzene rings is 2. The number of aromatic carboxylic acids is 1. The third kappa shape index (κ3) is 1.91. The number of carboxylic acid groups (broad SMARTS) is 1. The second kappa shape index (κ2) is 4.31. The van der Waals surface area contributed by atoms with Gasteiger partial charge in [0.1, 0.15) is 5.75 Å². The first kappa shape index (κ1) is 11.6. The number of nitrogen functional groups attached to an aromatic ring is 1. The molecule has 0 atom stereocenters. The molecule has 0 fully saturated rings. The van der Waals surface area contributed by atoms with E-state index >= 15 is 0 Å². The van der Waals surface area contributed by atoms with Crippen LogP contribution < -0.4 is 10.5 Å². The molecule has 2 aromatic carbocycles. The molecule has 0 radical (unpaired) electrons. The number of nitrogens with two attached hydrogens (primary N) is 1. The van der Waals surface area contributed by atoms with Crippen LogP contribution in [0.5, 0.6) is 5.75 Å². The van der Waals surface area contributed by atoms with Gasteiger partial charge >= 0.3 is 5.97 Å². The van der Waals surface area contributed by atoms with Gasteiger partial charge in [-0.05, 0) is 34.9 Å². The SMILES string of the molecule is Nc1cccc(-c2ccc3c(c2)CCO3)c1C(=O)O. The van der Waals surface area contributed by atoms with Gasteiger partial charge in [0.05, 0.1) is 12.2 Å². The summed E-state index contributed by atoms with van der Waals surface area (Å²) in [4.78, 5) is 11.3. The van der Waals surface area contributed by atoms with Gasteiger partial charge in [-0.3, -0.25) is 0 Å². The van der Waals surface area contributed by atoms with E-state index in [2.05, 4.69) is 0 Å². The van der Waals surface area contributed by atoms with Crippen molar-refractivity contribution >= 4 is 11.7 Å². The van der Waals surface area contributed by atoms with Crippen LogP contribution >= 0.6 is 0 Å². The summed E-state index contributed by atoms with van der Waals surface area (Å²) in [6.45, 7) is 0.682. The minimum absolute atomic E-state index is 0.154. The van der Waals surface area contributed by atoms with Crippen molar-refractivity contribution in [2.45, 2.75) is 6.42 Å². The molecule has 19 heavy (non-hydrogen) atoms. The summed E-state index contributed by atoms with van der Waals surface area (Å²) >= 11 is 0. The van der Waals surface area contributed by atoms with Crippen molar-refractivity contribution in [2.75, 3.05) is 12.3 Å². The Morgan fingerprint density at radius 1 is 1.26 bits per heavy atom. The number of anilines is 1. The molecule has 2 aromatic rings. The minimum atomic E-state index is -1.01. The van der Waals surface area contributed by atoms with Crippen LogP contribution in [0.15, 0.2) is 36.4 Å². The molecule has 0 saturated carbocycles. The highest BCUT2D eigenvalue weighted by Crippen LogP contribution is 2.33. The molecule has 4 heteroatoms. The van der Waals surface area contributed by atoms with Gasteiger partial charge in [0, 0.05) is 12.1 Å². The summed E-state index contributed by atoms with van der Waals surface area (Å²) < 4.78 is 5.45. The molecule has 4 nitrogen and oxygen atoms in total. The van der Waals surface area contributed by atoms with Gasteiger partial charge in [0.2, 0.25) is 0 Å². The predicted molar refractivity (Wildman–Crippen MR) is 72.4 cm³/mol. The van der Waals surface area contributed by atoms with E-state index in [0.29, 0.717) is 12.2 Å². The van der Waals surface area contributed by atoms with E-state index in [9.17, 15) is 9.90 Å². The number of fused-ring (bicyclic) bond motifs is 1. The predicted octanol–water partition coefficient (Wildman–Crippen LogP) is 2.57.